The summed E-state index contributed by atoms with van der Waals surface area (Å²) in [7, 11) is 1.83. The first-order valence-electron chi connectivity index (χ1n) is 4.83. The lowest BCUT2D eigenvalue weighted by Crippen LogP contribution is -1.94. The maximum absolute atomic E-state index is 5.11. The molecule has 1 N–H and O–H groups in total. The highest BCUT2D eigenvalue weighted by Crippen LogP contribution is 2.20. The van der Waals surface area contributed by atoms with Crippen molar-refractivity contribution in [3.05, 3.63) is 33.8 Å². The van der Waals surface area contributed by atoms with Gasteiger partial charge in [0.15, 0.2) is 14.9 Å². The molecule has 0 fully saturated rings. The second-order valence-corrected chi connectivity index (χ2v) is 4.96. The summed E-state index contributed by atoms with van der Waals surface area (Å²) in [4.78, 5) is 8.67. The summed E-state index contributed by atoms with van der Waals surface area (Å²) < 4.78 is 0.593. The number of benzene rings is 1. The summed E-state index contributed by atoms with van der Waals surface area (Å²) >= 11 is 6.49. The Balaban J connectivity index is 2.55. The summed E-state index contributed by atoms with van der Waals surface area (Å²) in [5.41, 5.74) is 2.18. The van der Waals surface area contributed by atoms with Crippen molar-refractivity contribution < 1.29 is 0 Å². The maximum Gasteiger partial charge on any atom is 0.187 e. The van der Waals surface area contributed by atoms with Crippen LogP contribution in [0.5, 0.6) is 0 Å². The van der Waals surface area contributed by atoms with E-state index in [4.69, 9.17) is 12.2 Å². The third-order valence-electron chi connectivity index (χ3n) is 2.08. The third kappa shape index (κ3) is 2.43. The average molecular weight is 249 g/mol. The van der Waals surface area contributed by atoms with Gasteiger partial charge in [-0.3, -0.25) is 0 Å². The molecule has 0 saturated heterocycles. The molecule has 1 aromatic carbocycles. The molecule has 16 heavy (non-hydrogen) atoms. The van der Waals surface area contributed by atoms with Gasteiger partial charge >= 0.3 is 0 Å². The third-order valence-corrected chi connectivity index (χ3v) is 3.17. The minimum atomic E-state index is 0.593. The van der Waals surface area contributed by atoms with Crippen LogP contribution in [0, 0.1) is 10.9 Å². The number of hydrogen-bond acceptors (Lipinski definition) is 5. The first-order valence-corrected chi connectivity index (χ1v) is 6.05. The molecule has 3 nitrogen and oxygen atoms in total. The summed E-state index contributed by atoms with van der Waals surface area (Å²) in [6.45, 7) is 2.04. The highest BCUT2D eigenvalue weighted by atomic mass is 32.1. The Morgan fingerprint density at radius 2 is 2.12 bits per heavy atom. The lowest BCUT2D eigenvalue weighted by Gasteiger charge is -2.03. The van der Waals surface area contributed by atoms with Crippen LogP contribution in [0.1, 0.15) is 5.56 Å². The number of anilines is 1. The fourth-order valence-corrected chi connectivity index (χ4v) is 2.21. The minimum Gasteiger partial charge on any atom is -0.364 e. The van der Waals surface area contributed by atoms with Crippen molar-refractivity contribution in [3.63, 3.8) is 0 Å². The molecule has 0 atom stereocenters. The molecule has 1 heterocycles. The van der Waals surface area contributed by atoms with Gasteiger partial charge in [-0.2, -0.15) is 0 Å². The van der Waals surface area contributed by atoms with Gasteiger partial charge in [0.25, 0.3) is 0 Å². The molecule has 0 amide bonds. The zero-order valence-electron chi connectivity index (χ0n) is 9.02. The highest BCUT2D eigenvalue weighted by Gasteiger charge is 2.03. The Kier molecular flexibility index (Phi) is 3.26. The second-order valence-electron chi connectivity index (χ2n) is 3.34. The number of aromatic nitrogens is 2. The molecule has 0 unspecified atom stereocenters. The van der Waals surface area contributed by atoms with Crippen LogP contribution in [0.4, 0.5) is 5.13 Å². The Morgan fingerprint density at radius 1 is 1.31 bits per heavy atom. The molecule has 0 spiro atoms. The summed E-state index contributed by atoms with van der Waals surface area (Å²) in [5.74, 6) is 0.678. The van der Waals surface area contributed by atoms with E-state index in [9.17, 15) is 0 Å². The van der Waals surface area contributed by atoms with Crippen LogP contribution in [0.25, 0.3) is 11.4 Å². The smallest absolute Gasteiger partial charge is 0.187 e. The Bertz CT molecular complexity index is 563. The number of nitrogens with one attached hydrogen (secondary N) is 1. The van der Waals surface area contributed by atoms with Crippen LogP contribution >= 0.6 is 23.6 Å². The van der Waals surface area contributed by atoms with E-state index in [0.717, 1.165) is 10.7 Å². The predicted molar refractivity (Wildman–Crippen MR) is 70.5 cm³/mol. The lowest BCUT2D eigenvalue weighted by molar-refractivity contribution is 1.20. The van der Waals surface area contributed by atoms with Crippen molar-refractivity contribution in [1.82, 2.24) is 9.97 Å². The molecule has 0 aliphatic carbocycles. The molecular weight excluding hydrogens is 238 g/mol. The molecule has 5 heteroatoms. The molecule has 1 aromatic heterocycles. The van der Waals surface area contributed by atoms with Crippen molar-refractivity contribution in [1.29, 1.82) is 0 Å². The zero-order chi connectivity index (χ0) is 11.5. The van der Waals surface area contributed by atoms with Gasteiger partial charge in [0.2, 0.25) is 0 Å². The lowest BCUT2D eigenvalue weighted by atomic mass is 10.1. The molecule has 0 bridgehead atoms. The standard InChI is InChI=1S/C11H11N3S2/c1-7-4-3-5-8(6-7)9-13-10(12-2)16-11(15)14-9/h3-6H,1-2H3,(H,12,13,14,15). The number of nitrogens with zero attached hydrogens (tertiary/aromatic N) is 2. The normalized spacial score (nSPS) is 10.1. The van der Waals surface area contributed by atoms with Crippen LogP contribution in [-0.2, 0) is 0 Å². The van der Waals surface area contributed by atoms with Crippen LogP contribution in [0.2, 0.25) is 0 Å². The van der Waals surface area contributed by atoms with Crippen molar-refractivity contribution in [2.75, 3.05) is 12.4 Å². The fourth-order valence-electron chi connectivity index (χ4n) is 1.36. The van der Waals surface area contributed by atoms with Crippen molar-refractivity contribution in [3.8, 4) is 11.4 Å². The van der Waals surface area contributed by atoms with Gasteiger partial charge in [0, 0.05) is 12.6 Å². The molecule has 0 radical (unpaired) electrons. The molecule has 0 saturated carbocycles. The monoisotopic (exact) mass is 249 g/mol. The van der Waals surface area contributed by atoms with E-state index in [0.29, 0.717) is 9.78 Å². The average Bonchev–Trinajstić information content (AvgIpc) is 2.28. The number of rotatable bonds is 2. The van der Waals surface area contributed by atoms with Crippen LogP contribution in [0.3, 0.4) is 0 Å². The molecular formula is C11H11N3S2. The molecule has 2 aromatic rings. The first-order chi connectivity index (χ1) is 7.69. The summed E-state index contributed by atoms with van der Waals surface area (Å²) in [6, 6.07) is 8.07. The maximum atomic E-state index is 5.11. The largest absolute Gasteiger partial charge is 0.364 e. The Morgan fingerprint density at radius 3 is 2.81 bits per heavy atom. The minimum absolute atomic E-state index is 0.593. The van der Waals surface area contributed by atoms with Gasteiger partial charge < -0.3 is 5.32 Å². The van der Waals surface area contributed by atoms with E-state index >= 15 is 0 Å². The predicted octanol–water partition coefficient (Wildman–Crippen LogP) is 3.28. The summed E-state index contributed by atoms with van der Waals surface area (Å²) in [5, 5.41) is 3.78. The molecule has 2 rings (SSSR count). The highest BCUT2D eigenvalue weighted by molar-refractivity contribution is 7.73. The Labute approximate surface area is 103 Å². The van der Waals surface area contributed by atoms with Crippen LogP contribution in [0.15, 0.2) is 24.3 Å². The van der Waals surface area contributed by atoms with Gasteiger partial charge in [-0.05, 0) is 25.2 Å². The van der Waals surface area contributed by atoms with Gasteiger partial charge in [-0.1, -0.05) is 35.1 Å². The summed E-state index contributed by atoms with van der Waals surface area (Å²) in [6.07, 6.45) is 0. The van der Waals surface area contributed by atoms with Crippen LogP contribution < -0.4 is 5.32 Å². The van der Waals surface area contributed by atoms with E-state index in [-0.39, 0.29) is 0 Å². The van der Waals surface area contributed by atoms with Crippen LogP contribution in [-0.4, -0.2) is 17.0 Å². The second kappa shape index (κ2) is 4.67. The molecule has 0 aliphatic rings. The van der Waals surface area contributed by atoms with Crippen molar-refractivity contribution >= 4 is 28.7 Å². The molecule has 0 aliphatic heterocycles. The van der Waals surface area contributed by atoms with E-state index in [2.05, 4.69) is 15.3 Å². The Hall–Kier alpha value is -1.33. The van der Waals surface area contributed by atoms with E-state index < -0.39 is 0 Å². The number of hydrogen-bond donors (Lipinski definition) is 1. The van der Waals surface area contributed by atoms with Crippen molar-refractivity contribution in [2.24, 2.45) is 0 Å². The SMILES string of the molecule is CNc1nc(-c2cccc(C)c2)nc(=S)s1. The fraction of sp³-hybridized carbons (Fsp3) is 0.182. The van der Waals surface area contributed by atoms with Gasteiger partial charge in [-0.15, -0.1) is 0 Å². The quantitative estimate of drug-likeness (QED) is 0.829. The van der Waals surface area contributed by atoms with Crippen molar-refractivity contribution in [2.45, 2.75) is 6.92 Å². The van der Waals surface area contributed by atoms with E-state index in [1.54, 1.807) is 0 Å². The van der Waals surface area contributed by atoms with E-state index in [1.165, 1.54) is 16.9 Å². The topological polar surface area (TPSA) is 37.8 Å². The number of aryl methyl sites for hydroxylation is 1. The van der Waals surface area contributed by atoms with Gasteiger partial charge in [-0.25, -0.2) is 9.97 Å². The molecule has 82 valence electrons. The van der Waals surface area contributed by atoms with E-state index in [1.807, 2.05) is 38.2 Å². The van der Waals surface area contributed by atoms with Gasteiger partial charge in [0.1, 0.15) is 0 Å². The zero-order valence-corrected chi connectivity index (χ0v) is 10.7. The van der Waals surface area contributed by atoms with Gasteiger partial charge in [0.05, 0.1) is 0 Å². The first kappa shape index (κ1) is 11.2.